The second-order valence-corrected chi connectivity index (χ2v) is 6.50. The topological polar surface area (TPSA) is 38.3 Å². The van der Waals surface area contributed by atoms with Crippen LogP contribution in [0.4, 0.5) is 0 Å². The van der Waals surface area contributed by atoms with Crippen molar-refractivity contribution >= 4 is 5.97 Å². The molecule has 2 atom stereocenters. The molecular weight excluding hydrogens is 250 g/mol. The van der Waals surface area contributed by atoms with Gasteiger partial charge in [0.15, 0.2) is 0 Å². The molecule has 0 aliphatic carbocycles. The van der Waals surface area contributed by atoms with Gasteiger partial charge < -0.3 is 10.1 Å². The highest BCUT2D eigenvalue weighted by atomic mass is 16.6. The molecule has 1 fully saturated rings. The van der Waals surface area contributed by atoms with Crippen LogP contribution in [0.2, 0.25) is 0 Å². The van der Waals surface area contributed by atoms with Gasteiger partial charge in [-0.05, 0) is 38.3 Å². The number of hydrogen-bond donors (Lipinski definition) is 1. The second kappa shape index (κ2) is 5.96. The maximum absolute atomic E-state index is 12.3. The molecule has 0 aromatic heterocycles. The molecule has 1 N–H and O–H groups in total. The molecule has 1 aliphatic rings. The molecule has 1 heterocycles. The van der Waals surface area contributed by atoms with Crippen LogP contribution in [0, 0.1) is 5.92 Å². The van der Waals surface area contributed by atoms with E-state index in [0.717, 1.165) is 13.0 Å². The highest BCUT2D eigenvalue weighted by molar-refractivity contribution is 5.75. The van der Waals surface area contributed by atoms with Gasteiger partial charge in [0.2, 0.25) is 0 Å². The summed E-state index contributed by atoms with van der Waals surface area (Å²) in [6.45, 7) is 9.44. The number of carbonyl (C=O) groups excluding carboxylic acids is 1. The van der Waals surface area contributed by atoms with Gasteiger partial charge in [-0.1, -0.05) is 31.2 Å². The van der Waals surface area contributed by atoms with Gasteiger partial charge in [-0.2, -0.15) is 0 Å². The zero-order valence-electron chi connectivity index (χ0n) is 12.9. The van der Waals surface area contributed by atoms with Crippen molar-refractivity contribution in [2.75, 3.05) is 13.1 Å². The Bertz CT molecular complexity index is 459. The highest BCUT2D eigenvalue weighted by Gasteiger charge is 2.36. The lowest BCUT2D eigenvalue weighted by Crippen LogP contribution is -2.31. The largest absolute Gasteiger partial charge is 0.460 e. The smallest absolute Gasteiger partial charge is 0.311 e. The maximum atomic E-state index is 12.3. The van der Waals surface area contributed by atoms with Crippen molar-refractivity contribution in [3.05, 3.63) is 35.4 Å². The van der Waals surface area contributed by atoms with Crippen LogP contribution in [0.3, 0.4) is 0 Å². The molecule has 0 radical (unpaired) electrons. The van der Waals surface area contributed by atoms with Gasteiger partial charge in [-0.3, -0.25) is 4.79 Å². The fraction of sp³-hybridized carbons (Fsp3) is 0.588. The number of hydrogen-bond acceptors (Lipinski definition) is 3. The Morgan fingerprint density at radius 2 is 1.90 bits per heavy atom. The standard InChI is InChI=1S/C17H25NO2/c1-5-12-6-8-13(9-7-12)14-10-18-11-15(14)16(19)20-17(2,3)4/h6-9,14-15,18H,5,10-11H2,1-4H3. The Kier molecular flexibility index (Phi) is 4.48. The van der Waals surface area contributed by atoms with E-state index in [1.807, 2.05) is 20.8 Å². The van der Waals surface area contributed by atoms with E-state index < -0.39 is 5.60 Å². The van der Waals surface area contributed by atoms with Crippen molar-refractivity contribution in [3.8, 4) is 0 Å². The Labute approximate surface area is 121 Å². The van der Waals surface area contributed by atoms with Crippen LogP contribution in [-0.4, -0.2) is 24.7 Å². The summed E-state index contributed by atoms with van der Waals surface area (Å²) in [6.07, 6.45) is 1.04. The minimum Gasteiger partial charge on any atom is -0.460 e. The number of ether oxygens (including phenoxy) is 1. The van der Waals surface area contributed by atoms with E-state index in [1.54, 1.807) is 0 Å². The summed E-state index contributed by atoms with van der Waals surface area (Å²) in [5, 5.41) is 3.32. The molecular formula is C17H25NO2. The van der Waals surface area contributed by atoms with Crippen molar-refractivity contribution in [3.63, 3.8) is 0 Å². The summed E-state index contributed by atoms with van der Waals surface area (Å²) >= 11 is 0. The summed E-state index contributed by atoms with van der Waals surface area (Å²) < 4.78 is 5.54. The zero-order chi connectivity index (χ0) is 14.8. The third-order valence-electron chi connectivity index (χ3n) is 3.74. The molecule has 20 heavy (non-hydrogen) atoms. The summed E-state index contributed by atoms with van der Waals surface area (Å²) in [6, 6.07) is 8.60. The molecule has 3 heteroatoms. The molecule has 0 spiro atoms. The molecule has 1 saturated heterocycles. The van der Waals surface area contributed by atoms with Crippen molar-refractivity contribution in [2.24, 2.45) is 5.92 Å². The third-order valence-corrected chi connectivity index (χ3v) is 3.74. The summed E-state index contributed by atoms with van der Waals surface area (Å²) in [5.41, 5.74) is 2.13. The van der Waals surface area contributed by atoms with Gasteiger partial charge in [0.1, 0.15) is 5.60 Å². The van der Waals surface area contributed by atoms with Crippen LogP contribution in [0.25, 0.3) is 0 Å². The van der Waals surface area contributed by atoms with E-state index in [0.29, 0.717) is 6.54 Å². The Hall–Kier alpha value is -1.35. The third kappa shape index (κ3) is 3.60. The van der Waals surface area contributed by atoms with Crippen molar-refractivity contribution < 1.29 is 9.53 Å². The van der Waals surface area contributed by atoms with E-state index in [1.165, 1.54) is 11.1 Å². The first-order chi connectivity index (χ1) is 9.40. The van der Waals surface area contributed by atoms with Crippen molar-refractivity contribution in [1.82, 2.24) is 5.32 Å². The predicted molar refractivity (Wildman–Crippen MR) is 80.8 cm³/mol. The molecule has 3 nitrogen and oxygen atoms in total. The number of carbonyl (C=O) groups is 1. The van der Waals surface area contributed by atoms with E-state index in [2.05, 4.69) is 36.5 Å². The molecule has 2 rings (SSSR count). The molecule has 2 unspecified atom stereocenters. The summed E-state index contributed by atoms with van der Waals surface area (Å²) in [7, 11) is 0. The first kappa shape index (κ1) is 15.0. The quantitative estimate of drug-likeness (QED) is 0.862. The number of nitrogens with one attached hydrogen (secondary N) is 1. The average molecular weight is 275 g/mol. The van der Waals surface area contributed by atoms with Gasteiger partial charge in [0, 0.05) is 19.0 Å². The van der Waals surface area contributed by atoms with E-state index in [4.69, 9.17) is 4.74 Å². The van der Waals surface area contributed by atoms with Crippen LogP contribution in [0.15, 0.2) is 24.3 Å². The van der Waals surface area contributed by atoms with Gasteiger partial charge in [0.05, 0.1) is 5.92 Å². The SMILES string of the molecule is CCc1ccc(C2CNCC2C(=O)OC(C)(C)C)cc1. The van der Waals surface area contributed by atoms with Gasteiger partial charge in [0.25, 0.3) is 0 Å². The average Bonchev–Trinajstić information content (AvgIpc) is 2.86. The number of aryl methyl sites for hydroxylation is 1. The van der Waals surface area contributed by atoms with Crippen LogP contribution in [-0.2, 0) is 16.0 Å². The Morgan fingerprint density at radius 1 is 1.25 bits per heavy atom. The first-order valence-electron chi connectivity index (χ1n) is 7.43. The highest BCUT2D eigenvalue weighted by Crippen LogP contribution is 2.30. The van der Waals surface area contributed by atoms with Gasteiger partial charge in [-0.15, -0.1) is 0 Å². The van der Waals surface area contributed by atoms with Crippen LogP contribution in [0.5, 0.6) is 0 Å². The fourth-order valence-corrected chi connectivity index (χ4v) is 2.65. The van der Waals surface area contributed by atoms with Crippen LogP contribution < -0.4 is 5.32 Å². The Balaban J connectivity index is 2.12. The second-order valence-electron chi connectivity index (χ2n) is 6.50. The molecule has 1 aromatic carbocycles. The number of esters is 1. The first-order valence-corrected chi connectivity index (χ1v) is 7.43. The van der Waals surface area contributed by atoms with Crippen LogP contribution >= 0.6 is 0 Å². The molecule has 0 saturated carbocycles. The number of benzene rings is 1. The van der Waals surface area contributed by atoms with Crippen molar-refractivity contribution in [2.45, 2.75) is 45.6 Å². The normalized spacial score (nSPS) is 22.8. The lowest BCUT2D eigenvalue weighted by molar-refractivity contribution is -0.159. The van der Waals surface area contributed by atoms with E-state index in [9.17, 15) is 4.79 Å². The van der Waals surface area contributed by atoms with E-state index >= 15 is 0 Å². The van der Waals surface area contributed by atoms with E-state index in [-0.39, 0.29) is 17.8 Å². The van der Waals surface area contributed by atoms with Gasteiger partial charge in [-0.25, -0.2) is 0 Å². The molecule has 0 amide bonds. The minimum absolute atomic E-state index is 0.0818. The Morgan fingerprint density at radius 3 is 2.45 bits per heavy atom. The monoisotopic (exact) mass is 275 g/mol. The lowest BCUT2D eigenvalue weighted by atomic mass is 9.88. The minimum atomic E-state index is -0.420. The van der Waals surface area contributed by atoms with Crippen LogP contribution in [0.1, 0.15) is 44.7 Å². The lowest BCUT2D eigenvalue weighted by Gasteiger charge is -2.24. The fourth-order valence-electron chi connectivity index (χ4n) is 2.65. The predicted octanol–water partition coefficient (Wildman–Crippen LogP) is 2.89. The maximum Gasteiger partial charge on any atom is 0.311 e. The molecule has 110 valence electrons. The van der Waals surface area contributed by atoms with Crippen molar-refractivity contribution in [1.29, 1.82) is 0 Å². The summed E-state index contributed by atoms with van der Waals surface area (Å²) in [5.74, 6) is 0.0459. The number of rotatable bonds is 3. The molecule has 0 bridgehead atoms. The zero-order valence-corrected chi connectivity index (χ0v) is 12.9. The molecule has 1 aliphatic heterocycles. The summed E-state index contributed by atoms with van der Waals surface area (Å²) in [4.78, 5) is 12.3. The van der Waals surface area contributed by atoms with Gasteiger partial charge >= 0.3 is 5.97 Å². The molecule has 1 aromatic rings.